The van der Waals surface area contributed by atoms with Crippen LogP contribution in [-0.2, 0) is 4.74 Å². The van der Waals surface area contributed by atoms with Crippen LogP contribution in [0.15, 0.2) is 57.5 Å². The highest BCUT2D eigenvalue weighted by Crippen LogP contribution is 2.21. The van der Waals surface area contributed by atoms with Crippen LogP contribution in [0.25, 0.3) is 11.4 Å². The van der Waals surface area contributed by atoms with Crippen LogP contribution >= 0.6 is 93.6 Å². The minimum atomic E-state index is 0.0879. The minimum absolute atomic E-state index is 0.0879. The smallest absolute Gasteiger partial charge is 0.227 e. The summed E-state index contributed by atoms with van der Waals surface area (Å²) in [5.74, 6) is 0.460. The van der Waals surface area contributed by atoms with E-state index in [1.807, 2.05) is 50.2 Å². The summed E-state index contributed by atoms with van der Waals surface area (Å²) in [5, 5.41) is 1.31. The molecule has 0 N–H and O–H groups in total. The van der Waals surface area contributed by atoms with Crippen LogP contribution in [0.4, 0.5) is 0 Å². The van der Waals surface area contributed by atoms with Crippen molar-refractivity contribution in [1.82, 2.24) is 15.0 Å². The molecule has 0 amide bonds. The van der Waals surface area contributed by atoms with Crippen molar-refractivity contribution in [3.05, 3.63) is 71.6 Å². The molecule has 3 aromatic rings. The molecule has 1 aromatic heterocycles. The van der Waals surface area contributed by atoms with E-state index in [-0.39, 0.29) is 10.6 Å². The average Bonchev–Trinajstić information content (AvgIpc) is 2.74. The molecule has 0 atom stereocenters. The van der Waals surface area contributed by atoms with E-state index in [1.54, 1.807) is 0 Å². The molecule has 0 saturated carbocycles. The summed E-state index contributed by atoms with van der Waals surface area (Å²) in [6.07, 6.45) is 1.24. The molecule has 0 fully saturated rings. The molecule has 0 unspecified atom stereocenters. The fourth-order valence-corrected chi connectivity index (χ4v) is 3.88. The zero-order valence-electron chi connectivity index (χ0n) is 18.0. The first-order chi connectivity index (χ1) is 15.3. The van der Waals surface area contributed by atoms with Crippen LogP contribution in [0.2, 0.25) is 10.6 Å². The van der Waals surface area contributed by atoms with Crippen LogP contribution in [0.5, 0.6) is 0 Å². The number of nitrogens with zero attached hydrogens (tertiary/aromatic N) is 3. The highest BCUT2D eigenvalue weighted by atomic mass is 127. The molecule has 32 heavy (non-hydrogen) atoms. The van der Waals surface area contributed by atoms with Gasteiger partial charge >= 0.3 is 0 Å². The van der Waals surface area contributed by atoms with Gasteiger partial charge in [0, 0.05) is 36.6 Å². The first-order valence-corrected chi connectivity index (χ1v) is 14.2. The molecular weight excluding hydrogens is 760 g/mol. The molecule has 0 radical (unpaired) electrons. The van der Waals surface area contributed by atoms with Crippen molar-refractivity contribution in [2.45, 2.75) is 27.2 Å². The van der Waals surface area contributed by atoms with Gasteiger partial charge in [-0.25, -0.2) is 0 Å². The quantitative estimate of drug-likeness (QED) is 0.196. The van der Waals surface area contributed by atoms with E-state index in [1.165, 1.54) is 9.99 Å². The highest BCUT2D eigenvalue weighted by Gasteiger charge is 2.05. The summed E-state index contributed by atoms with van der Waals surface area (Å²) in [6.45, 7) is 7.80. The number of alkyl halides is 1. The van der Waals surface area contributed by atoms with Gasteiger partial charge in [-0.1, -0.05) is 72.9 Å². The molecule has 0 aliphatic rings. The summed E-state index contributed by atoms with van der Waals surface area (Å²) in [4.78, 5) is 11.6. The Balaban J connectivity index is 0.000000474. The van der Waals surface area contributed by atoms with Gasteiger partial charge in [0.15, 0.2) is 5.82 Å². The van der Waals surface area contributed by atoms with Gasteiger partial charge < -0.3 is 4.74 Å². The Morgan fingerprint density at radius 3 is 1.69 bits per heavy atom. The molecule has 0 spiro atoms. The first kappa shape index (κ1) is 32.2. The van der Waals surface area contributed by atoms with Gasteiger partial charge in [0.25, 0.3) is 0 Å². The zero-order chi connectivity index (χ0) is 24.4. The van der Waals surface area contributed by atoms with Crippen molar-refractivity contribution in [2.75, 3.05) is 18.5 Å². The number of hydrogen-bond donors (Lipinski definition) is 0. The molecule has 0 aliphatic carbocycles. The molecule has 1 heterocycles. The third kappa shape index (κ3) is 16.7. The molecule has 0 bridgehead atoms. The van der Waals surface area contributed by atoms with E-state index >= 15 is 0 Å². The largest absolute Gasteiger partial charge is 0.382 e. The monoisotopic (exact) mass is 781 g/mol. The standard InChI is InChI=1S/C9H4BrCl2N3.C6H4BrI.C4H10O.C3H7Br/c10-6-3-1-2-5(4-6)7-13-8(11)15-9(12)14-7;7-5-2-1-3-6(8)4-5;1-3-5-4-2;1-2-3-4/h1-4H;1-4H;3-4H2,1-2H3;2-3H2,1H3. The normalized spacial score (nSPS) is 9.41. The van der Waals surface area contributed by atoms with Crippen molar-refractivity contribution in [3.63, 3.8) is 0 Å². The van der Waals surface area contributed by atoms with E-state index in [9.17, 15) is 0 Å². The molecule has 4 nitrogen and oxygen atoms in total. The van der Waals surface area contributed by atoms with Gasteiger partial charge in [0.05, 0.1) is 0 Å². The van der Waals surface area contributed by atoms with Crippen LogP contribution in [0.1, 0.15) is 27.2 Å². The third-order valence-corrected chi connectivity index (χ3v) is 5.84. The maximum absolute atomic E-state index is 5.68. The lowest BCUT2D eigenvalue weighted by molar-refractivity contribution is 0.162. The lowest BCUT2D eigenvalue weighted by Crippen LogP contribution is -1.93. The maximum Gasteiger partial charge on any atom is 0.227 e. The molecular formula is C22H25Br3Cl2IN3O. The summed E-state index contributed by atoms with van der Waals surface area (Å²) in [5.41, 5.74) is 0.829. The predicted octanol–water partition coefficient (Wildman–Crippen LogP) is 9.50. The third-order valence-electron chi connectivity index (χ3n) is 3.05. The summed E-state index contributed by atoms with van der Waals surface area (Å²) >= 11 is 23.6. The fraction of sp³-hybridized carbons (Fsp3) is 0.318. The first-order valence-electron chi connectivity index (χ1n) is 9.65. The number of rotatable bonds is 4. The van der Waals surface area contributed by atoms with Crippen molar-refractivity contribution in [3.8, 4) is 11.4 Å². The van der Waals surface area contributed by atoms with E-state index in [0.29, 0.717) is 5.82 Å². The van der Waals surface area contributed by atoms with Crippen molar-refractivity contribution >= 4 is 93.6 Å². The molecule has 2 aromatic carbocycles. The molecule has 0 aliphatic heterocycles. The SMILES string of the molecule is Brc1cccc(I)c1.CCCBr.CCOCC.Clc1nc(Cl)nc(-c2cccc(Br)c2)n1. The van der Waals surface area contributed by atoms with Gasteiger partial charge in [-0.2, -0.15) is 15.0 Å². The van der Waals surface area contributed by atoms with E-state index in [4.69, 9.17) is 27.9 Å². The molecule has 10 heteroatoms. The predicted molar refractivity (Wildman–Crippen MR) is 156 cm³/mol. The second-order valence-corrected chi connectivity index (χ2v) is 10.2. The van der Waals surface area contributed by atoms with Crippen molar-refractivity contribution in [2.24, 2.45) is 0 Å². The van der Waals surface area contributed by atoms with E-state index in [2.05, 4.69) is 104 Å². The Morgan fingerprint density at radius 2 is 1.34 bits per heavy atom. The van der Waals surface area contributed by atoms with Crippen LogP contribution in [0.3, 0.4) is 0 Å². The van der Waals surface area contributed by atoms with Crippen LogP contribution in [0, 0.1) is 3.57 Å². The Hall–Kier alpha value is 0.160. The van der Waals surface area contributed by atoms with Crippen molar-refractivity contribution < 1.29 is 4.74 Å². The Labute approximate surface area is 239 Å². The lowest BCUT2D eigenvalue weighted by Gasteiger charge is -2.00. The Bertz CT molecular complexity index is 866. The second-order valence-electron chi connectivity index (χ2n) is 5.62. The van der Waals surface area contributed by atoms with Crippen LogP contribution in [-0.4, -0.2) is 33.5 Å². The van der Waals surface area contributed by atoms with Gasteiger partial charge in [-0.05, 0) is 96.4 Å². The van der Waals surface area contributed by atoms with E-state index in [0.717, 1.165) is 33.1 Å². The van der Waals surface area contributed by atoms with E-state index < -0.39 is 0 Å². The molecule has 176 valence electrons. The Morgan fingerprint density at radius 1 is 0.844 bits per heavy atom. The van der Waals surface area contributed by atoms with Crippen LogP contribution < -0.4 is 0 Å². The number of hydrogen-bond acceptors (Lipinski definition) is 4. The van der Waals surface area contributed by atoms with Gasteiger partial charge in [-0.15, -0.1) is 0 Å². The second kappa shape index (κ2) is 20.5. The zero-order valence-corrected chi connectivity index (χ0v) is 26.4. The van der Waals surface area contributed by atoms with Gasteiger partial charge in [0.1, 0.15) is 0 Å². The summed E-state index contributed by atoms with van der Waals surface area (Å²) in [7, 11) is 0. The Kier molecular flexibility index (Phi) is 20.6. The minimum Gasteiger partial charge on any atom is -0.382 e. The number of halogens is 6. The highest BCUT2D eigenvalue weighted by molar-refractivity contribution is 14.1. The maximum atomic E-state index is 5.68. The van der Waals surface area contributed by atoms with Gasteiger partial charge in [-0.3, -0.25) is 0 Å². The summed E-state index contributed by atoms with van der Waals surface area (Å²) < 4.78 is 8.18. The molecule has 3 rings (SSSR count). The van der Waals surface area contributed by atoms with Crippen molar-refractivity contribution in [1.29, 1.82) is 0 Å². The lowest BCUT2D eigenvalue weighted by atomic mass is 10.2. The number of aromatic nitrogens is 3. The van der Waals surface area contributed by atoms with Gasteiger partial charge in [0.2, 0.25) is 10.6 Å². The fourth-order valence-electron chi connectivity index (χ4n) is 1.75. The molecule has 0 saturated heterocycles. The summed E-state index contributed by atoms with van der Waals surface area (Å²) in [6, 6.07) is 15.7. The number of ether oxygens (including phenoxy) is 1. The number of benzene rings is 2. The average molecular weight is 785 g/mol. The topological polar surface area (TPSA) is 47.9 Å².